The van der Waals surface area contributed by atoms with Crippen molar-refractivity contribution in [3.8, 4) is 0 Å². The minimum Gasteiger partial charge on any atom is -0.392 e. The van der Waals surface area contributed by atoms with Gasteiger partial charge in [0.1, 0.15) is 0 Å². The largest absolute Gasteiger partial charge is 0.392 e. The normalized spacial score (nSPS) is 15.8. The number of hydrogen-bond acceptors (Lipinski definition) is 3. The van der Waals surface area contributed by atoms with Gasteiger partial charge in [0.05, 0.1) is 6.61 Å². The summed E-state index contributed by atoms with van der Waals surface area (Å²) in [4.78, 5) is 14.5. The first-order valence-corrected chi connectivity index (χ1v) is 7.11. The molecule has 0 aliphatic carbocycles. The van der Waals surface area contributed by atoms with E-state index >= 15 is 0 Å². The molecule has 1 aliphatic heterocycles. The Morgan fingerprint density at radius 3 is 2.95 bits per heavy atom. The summed E-state index contributed by atoms with van der Waals surface area (Å²) in [7, 11) is 0. The number of nitrogens with zero attached hydrogens (tertiary/aromatic N) is 1. The summed E-state index contributed by atoms with van der Waals surface area (Å²) >= 11 is 0. The van der Waals surface area contributed by atoms with E-state index in [0.717, 1.165) is 26.1 Å². The van der Waals surface area contributed by atoms with E-state index < -0.39 is 0 Å². The van der Waals surface area contributed by atoms with Gasteiger partial charge in [-0.25, -0.2) is 0 Å². The summed E-state index contributed by atoms with van der Waals surface area (Å²) in [5.74, 6) is -0.121. The van der Waals surface area contributed by atoms with E-state index in [1.165, 1.54) is 5.57 Å². The summed E-state index contributed by atoms with van der Waals surface area (Å²) in [5.41, 5.74) is 2.48. The first kappa shape index (κ1) is 14.8. The highest BCUT2D eigenvalue weighted by Gasteiger charge is 2.13. The van der Waals surface area contributed by atoms with E-state index in [9.17, 15) is 9.90 Å². The summed E-state index contributed by atoms with van der Waals surface area (Å²) in [6, 6.07) is 7.15. The molecule has 2 rings (SSSR count). The van der Waals surface area contributed by atoms with Crippen LogP contribution in [-0.4, -0.2) is 42.1 Å². The van der Waals surface area contributed by atoms with Crippen LogP contribution in [-0.2, 0) is 6.61 Å². The molecule has 1 heterocycles. The lowest BCUT2D eigenvalue weighted by Gasteiger charge is -2.26. The van der Waals surface area contributed by atoms with Crippen LogP contribution in [0.4, 0.5) is 0 Å². The molecule has 0 unspecified atom stereocenters. The number of nitrogens with one attached hydrogen (secondary N) is 1. The summed E-state index contributed by atoms with van der Waals surface area (Å²) < 4.78 is 0. The number of likely N-dealkylation sites (N-methyl/N-ethyl adjacent to an activating group) is 1. The quantitative estimate of drug-likeness (QED) is 0.801. The van der Waals surface area contributed by atoms with Crippen LogP contribution in [0.3, 0.4) is 0 Å². The molecule has 1 aliphatic rings. The Balaban J connectivity index is 1.94. The molecule has 1 aromatic rings. The summed E-state index contributed by atoms with van der Waals surface area (Å²) in [5, 5.41) is 12.2. The van der Waals surface area contributed by atoms with Gasteiger partial charge in [0.15, 0.2) is 0 Å². The van der Waals surface area contributed by atoms with Crippen molar-refractivity contribution in [1.82, 2.24) is 10.2 Å². The van der Waals surface area contributed by atoms with Gasteiger partial charge in [-0.2, -0.15) is 0 Å². The van der Waals surface area contributed by atoms with Gasteiger partial charge in [0, 0.05) is 25.2 Å². The highest BCUT2D eigenvalue weighted by molar-refractivity contribution is 5.95. The number of aliphatic hydroxyl groups excluding tert-OH is 1. The van der Waals surface area contributed by atoms with Gasteiger partial charge in [-0.1, -0.05) is 31.2 Å². The van der Waals surface area contributed by atoms with Crippen molar-refractivity contribution in [2.75, 3.05) is 26.2 Å². The summed E-state index contributed by atoms with van der Waals surface area (Å²) in [6.45, 7) is 5.68. The maximum atomic E-state index is 12.2. The van der Waals surface area contributed by atoms with Gasteiger partial charge in [-0.15, -0.1) is 0 Å². The summed E-state index contributed by atoms with van der Waals surface area (Å²) in [6.07, 6.45) is 3.26. The predicted molar refractivity (Wildman–Crippen MR) is 79.5 cm³/mol. The molecule has 0 saturated heterocycles. The molecular formula is C16H22N2O2. The third kappa shape index (κ3) is 3.68. The molecule has 0 aromatic heterocycles. The molecule has 2 N–H and O–H groups in total. The zero-order valence-electron chi connectivity index (χ0n) is 11.9. The van der Waals surface area contributed by atoms with E-state index in [-0.39, 0.29) is 12.5 Å². The van der Waals surface area contributed by atoms with Crippen molar-refractivity contribution in [3.63, 3.8) is 0 Å². The number of hydrogen-bond donors (Lipinski definition) is 2. The molecule has 0 fully saturated rings. The maximum Gasteiger partial charge on any atom is 0.251 e. The van der Waals surface area contributed by atoms with Crippen LogP contribution in [0.5, 0.6) is 0 Å². The predicted octanol–water partition coefficient (Wildman–Crippen LogP) is 1.56. The highest BCUT2D eigenvalue weighted by Crippen LogP contribution is 2.10. The van der Waals surface area contributed by atoms with Crippen LogP contribution in [0.2, 0.25) is 0 Å². The van der Waals surface area contributed by atoms with Gasteiger partial charge in [0.25, 0.3) is 5.91 Å². The van der Waals surface area contributed by atoms with Gasteiger partial charge >= 0.3 is 0 Å². The Labute approximate surface area is 120 Å². The molecule has 4 heteroatoms. The molecule has 108 valence electrons. The standard InChI is InChI=1S/C16H22N2O2/c1-2-18-9-5-6-13(11-18)10-17-16(20)15-8-4-3-7-14(15)12-19/h3-4,6-8,19H,2,5,9-12H2,1H3,(H,17,20). The van der Waals surface area contributed by atoms with Crippen molar-refractivity contribution >= 4 is 5.91 Å². The monoisotopic (exact) mass is 274 g/mol. The first-order chi connectivity index (χ1) is 9.74. The molecule has 0 spiro atoms. The molecule has 0 atom stereocenters. The molecule has 0 bridgehead atoms. The average molecular weight is 274 g/mol. The van der Waals surface area contributed by atoms with E-state index in [1.54, 1.807) is 12.1 Å². The fourth-order valence-corrected chi connectivity index (χ4v) is 2.45. The Morgan fingerprint density at radius 1 is 1.40 bits per heavy atom. The molecule has 0 radical (unpaired) electrons. The van der Waals surface area contributed by atoms with E-state index in [2.05, 4.69) is 23.2 Å². The van der Waals surface area contributed by atoms with Gasteiger partial charge in [-0.05, 0) is 30.2 Å². The zero-order chi connectivity index (χ0) is 14.4. The Hall–Kier alpha value is -1.65. The maximum absolute atomic E-state index is 12.2. The van der Waals surface area contributed by atoms with Crippen molar-refractivity contribution in [1.29, 1.82) is 0 Å². The van der Waals surface area contributed by atoms with Crippen LogP contribution in [0.1, 0.15) is 29.3 Å². The number of rotatable bonds is 5. The fraction of sp³-hybridized carbons (Fsp3) is 0.438. The fourth-order valence-electron chi connectivity index (χ4n) is 2.45. The number of aliphatic hydroxyl groups is 1. The number of benzene rings is 1. The van der Waals surface area contributed by atoms with Crippen molar-refractivity contribution < 1.29 is 9.90 Å². The number of amides is 1. The van der Waals surface area contributed by atoms with Crippen LogP contribution < -0.4 is 5.32 Å². The first-order valence-electron chi connectivity index (χ1n) is 7.11. The van der Waals surface area contributed by atoms with Crippen molar-refractivity contribution in [2.24, 2.45) is 0 Å². The minimum atomic E-state index is -0.121. The molecule has 20 heavy (non-hydrogen) atoms. The Morgan fingerprint density at radius 2 is 2.20 bits per heavy atom. The molecule has 1 amide bonds. The smallest absolute Gasteiger partial charge is 0.251 e. The molecule has 4 nitrogen and oxygen atoms in total. The van der Waals surface area contributed by atoms with Crippen LogP contribution >= 0.6 is 0 Å². The lowest BCUT2D eigenvalue weighted by molar-refractivity contribution is 0.0953. The lowest BCUT2D eigenvalue weighted by Crippen LogP contribution is -2.35. The number of carbonyl (C=O) groups excluding carboxylic acids is 1. The molecule has 1 aromatic carbocycles. The molecular weight excluding hydrogens is 252 g/mol. The molecule has 0 saturated carbocycles. The van der Waals surface area contributed by atoms with Gasteiger partial charge in [0.2, 0.25) is 0 Å². The van der Waals surface area contributed by atoms with Crippen molar-refractivity contribution in [3.05, 3.63) is 47.0 Å². The van der Waals surface area contributed by atoms with E-state index in [4.69, 9.17) is 0 Å². The highest BCUT2D eigenvalue weighted by atomic mass is 16.3. The van der Waals surface area contributed by atoms with E-state index in [0.29, 0.717) is 17.7 Å². The third-order valence-corrected chi connectivity index (χ3v) is 3.66. The average Bonchev–Trinajstić information content (AvgIpc) is 2.52. The van der Waals surface area contributed by atoms with Gasteiger partial charge in [-0.3, -0.25) is 9.69 Å². The van der Waals surface area contributed by atoms with Crippen LogP contribution in [0.15, 0.2) is 35.9 Å². The van der Waals surface area contributed by atoms with E-state index in [1.807, 2.05) is 12.1 Å². The second-order valence-electron chi connectivity index (χ2n) is 5.02. The lowest BCUT2D eigenvalue weighted by atomic mass is 10.1. The zero-order valence-corrected chi connectivity index (χ0v) is 11.9. The van der Waals surface area contributed by atoms with Crippen LogP contribution in [0.25, 0.3) is 0 Å². The van der Waals surface area contributed by atoms with Crippen molar-refractivity contribution in [2.45, 2.75) is 20.0 Å². The number of carbonyl (C=O) groups is 1. The second kappa shape index (κ2) is 7.22. The minimum absolute atomic E-state index is 0.115. The SMILES string of the molecule is CCN1CCC=C(CNC(=O)c2ccccc2CO)C1. The van der Waals surface area contributed by atoms with Gasteiger partial charge < -0.3 is 10.4 Å². The van der Waals surface area contributed by atoms with Crippen LogP contribution in [0, 0.1) is 0 Å². The second-order valence-corrected chi connectivity index (χ2v) is 5.02. The Kier molecular flexibility index (Phi) is 5.32. The Bertz CT molecular complexity index is 497. The topological polar surface area (TPSA) is 52.6 Å². The third-order valence-electron chi connectivity index (χ3n) is 3.66.